The van der Waals surface area contributed by atoms with Gasteiger partial charge in [-0.15, -0.1) is 0 Å². The van der Waals surface area contributed by atoms with Crippen molar-refractivity contribution in [3.8, 4) is 0 Å². The molecular weight excluding hydrogens is 318 g/mol. The van der Waals surface area contributed by atoms with Gasteiger partial charge in [-0.3, -0.25) is 4.99 Å². The van der Waals surface area contributed by atoms with Gasteiger partial charge in [0.2, 0.25) is 0 Å². The van der Waals surface area contributed by atoms with Crippen molar-refractivity contribution in [2.75, 3.05) is 59.1 Å². The number of hydrogen-bond donors (Lipinski definition) is 2. The van der Waals surface area contributed by atoms with E-state index < -0.39 is 0 Å². The van der Waals surface area contributed by atoms with E-state index >= 15 is 0 Å². The molecule has 24 heavy (non-hydrogen) atoms. The molecule has 2 aliphatic rings. The SMILES string of the molecule is CCN1CCN(CCCCNC(=NC)NC2CCC(SC)C2)CC1. The van der Waals surface area contributed by atoms with Crippen molar-refractivity contribution < 1.29 is 0 Å². The molecule has 1 aliphatic carbocycles. The highest BCUT2D eigenvalue weighted by Gasteiger charge is 2.24. The molecular formula is C18H37N5S. The van der Waals surface area contributed by atoms with Gasteiger partial charge in [0.15, 0.2) is 5.96 Å². The number of unbranched alkanes of at least 4 members (excludes halogenated alkanes) is 1. The second kappa shape index (κ2) is 11.2. The molecule has 1 saturated heterocycles. The lowest BCUT2D eigenvalue weighted by Crippen LogP contribution is -2.46. The maximum atomic E-state index is 4.38. The van der Waals surface area contributed by atoms with Crippen molar-refractivity contribution in [3.05, 3.63) is 0 Å². The zero-order valence-corrected chi connectivity index (χ0v) is 16.7. The molecule has 0 spiro atoms. The summed E-state index contributed by atoms with van der Waals surface area (Å²) in [6.07, 6.45) is 8.59. The molecule has 2 unspecified atom stereocenters. The third-order valence-electron chi connectivity index (χ3n) is 5.39. The highest BCUT2D eigenvalue weighted by atomic mass is 32.2. The van der Waals surface area contributed by atoms with Crippen molar-refractivity contribution in [1.29, 1.82) is 0 Å². The quantitative estimate of drug-likeness (QED) is 0.395. The Kier molecular flexibility index (Phi) is 9.28. The summed E-state index contributed by atoms with van der Waals surface area (Å²) in [6, 6.07) is 0.600. The Hall–Kier alpha value is -0.460. The highest BCUT2D eigenvalue weighted by Crippen LogP contribution is 2.27. The van der Waals surface area contributed by atoms with Crippen LogP contribution in [0.3, 0.4) is 0 Å². The number of guanidine groups is 1. The molecule has 1 aliphatic heterocycles. The van der Waals surface area contributed by atoms with Crippen LogP contribution < -0.4 is 10.6 Å². The Bertz CT molecular complexity index is 368. The summed E-state index contributed by atoms with van der Waals surface area (Å²) < 4.78 is 0. The Balaban J connectivity index is 1.51. The third kappa shape index (κ3) is 6.81. The molecule has 0 amide bonds. The van der Waals surface area contributed by atoms with Crippen molar-refractivity contribution in [2.45, 2.75) is 50.3 Å². The second-order valence-corrected chi connectivity index (χ2v) is 8.13. The predicted octanol–water partition coefficient (Wildman–Crippen LogP) is 1.85. The molecule has 2 atom stereocenters. The first-order chi connectivity index (χ1) is 11.7. The molecule has 5 nitrogen and oxygen atoms in total. The van der Waals surface area contributed by atoms with Gasteiger partial charge in [-0.2, -0.15) is 11.8 Å². The summed E-state index contributed by atoms with van der Waals surface area (Å²) in [5.74, 6) is 0.985. The summed E-state index contributed by atoms with van der Waals surface area (Å²) in [4.78, 5) is 9.53. The molecule has 2 fully saturated rings. The van der Waals surface area contributed by atoms with Crippen molar-refractivity contribution in [3.63, 3.8) is 0 Å². The lowest BCUT2D eigenvalue weighted by atomic mass is 10.2. The van der Waals surface area contributed by atoms with Crippen molar-refractivity contribution >= 4 is 17.7 Å². The molecule has 6 heteroatoms. The van der Waals surface area contributed by atoms with Crippen LogP contribution in [-0.2, 0) is 0 Å². The van der Waals surface area contributed by atoms with Gasteiger partial charge in [0.1, 0.15) is 0 Å². The summed E-state index contributed by atoms with van der Waals surface area (Å²) >= 11 is 2.00. The molecule has 2 rings (SSSR count). The first-order valence-electron chi connectivity index (χ1n) is 9.69. The van der Waals surface area contributed by atoms with Crippen LogP contribution in [0.25, 0.3) is 0 Å². The summed E-state index contributed by atoms with van der Waals surface area (Å²) in [7, 11) is 1.88. The maximum Gasteiger partial charge on any atom is 0.191 e. The van der Waals surface area contributed by atoms with Gasteiger partial charge in [-0.25, -0.2) is 0 Å². The zero-order chi connectivity index (χ0) is 17.2. The van der Waals surface area contributed by atoms with E-state index in [1.807, 2.05) is 18.8 Å². The summed E-state index contributed by atoms with van der Waals surface area (Å²) in [6.45, 7) is 10.7. The number of likely N-dealkylation sites (N-methyl/N-ethyl adjacent to an activating group) is 1. The molecule has 2 N–H and O–H groups in total. The van der Waals surface area contributed by atoms with Gasteiger partial charge >= 0.3 is 0 Å². The average Bonchev–Trinajstić information content (AvgIpc) is 3.08. The van der Waals surface area contributed by atoms with Crippen LogP contribution in [-0.4, -0.2) is 86.2 Å². The number of thioether (sulfide) groups is 1. The smallest absolute Gasteiger partial charge is 0.191 e. The molecule has 140 valence electrons. The fourth-order valence-electron chi connectivity index (χ4n) is 3.67. The van der Waals surface area contributed by atoms with Crippen LogP contribution in [0.5, 0.6) is 0 Å². The van der Waals surface area contributed by atoms with Crippen molar-refractivity contribution in [2.24, 2.45) is 4.99 Å². The Labute approximate surface area is 153 Å². The van der Waals surface area contributed by atoms with E-state index in [0.29, 0.717) is 6.04 Å². The number of aliphatic imine (C=N–C) groups is 1. The number of nitrogens with one attached hydrogen (secondary N) is 2. The normalized spacial score (nSPS) is 26.7. The summed E-state index contributed by atoms with van der Waals surface area (Å²) in [5.41, 5.74) is 0. The first-order valence-corrected chi connectivity index (χ1v) is 11.0. The number of nitrogens with zero attached hydrogens (tertiary/aromatic N) is 3. The average molecular weight is 356 g/mol. The van der Waals surface area contributed by atoms with Crippen LogP contribution >= 0.6 is 11.8 Å². The van der Waals surface area contributed by atoms with Gasteiger partial charge in [-0.1, -0.05) is 6.92 Å². The van der Waals surface area contributed by atoms with E-state index in [-0.39, 0.29) is 0 Å². The van der Waals surface area contributed by atoms with E-state index in [9.17, 15) is 0 Å². The van der Waals surface area contributed by atoms with Gasteiger partial charge < -0.3 is 20.4 Å². The molecule has 1 saturated carbocycles. The molecule has 0 radical (unpaired) electrons. The molecule has 0 aromatic rings. The topological polar surface area (TPSA) is 42.9 Å². The lowest BCUT2D eigenvalue weighted by Gasteiger charge is -2.34. The van der Waals surface area contributed by atoms with E-state index in [1.54, 1.807) is 0 Å². The largest absolute Gasteiger partial charge is 0.356 e. The van der Waals surface area contributed by atoms with E-state index in [1.165, 1.54) is 71.4 Å². The number of rotatable bonds is 8. The molecule has 0 bridgehead atoms. The van der Waals surface area contributed by atoms with E-state index in [4.69, 9.17) is 0 Å². The van der Waals surface area contributed by atoms with Crippen LogP contribution in [0.15, 0.2) is 4.99 Å². The fraction of sp³-hybridized carbons (Fsp3) is 0.944. The number of piperazine rings is 1. The monoisotopic (exact) mass is 355 g/mol. The lowest BCUT2D eigenvalue weighted by molar-refractivity contribution is 0.136. The van der Waals surface area contributed by atoms with Gasteiger partial charge in [0, 0.05) is 51.1 Å². The van der Waals surface area contributed by atoms with Gasteiger partial charge in [-0.05, 0) is 51.4 Å². The van der Waals surface area contributed by atoms with Crippen LogP contribution in [0.4, 0.5) is 0 Å². The standard InChI is InChI=1S/C18H37N5S/c1-4-22-11-13-23(14-12-22)10-6-5-9-20-18(19-2)21-16-7-8-17(15-16)24-3/h16-17H,4-15H2,1-3H3,(H2,19,20,21). The highest BCUT2D eigenvalue weighted by molar-refractivity contribution is 7.99. The Morgan fingerprint density at radius 2 is 1.88 bits per heavy atom. The Morgan fingerprint density at radius 1 is 1.12 bits per heavy atom. The first kappa shape index (κ1) is 19.9. The van der Waals surface area contributed by atoms with Gasteiger partial charge in [0.25, 0.3) is 0 Å². The van der Waals surface area contributed by atoms with Crippen LogP contribution in [0.1, 0.15) is 39.0 Å². The molecule has 1 heterocycles. The number of hydrogen-bond acceptors (Lipinski definition) is 4. The van der Waals surface area contributed by atoms with Crippen LogP contribution in [0.2, 0.25) is 0 Å². The van der Waals surface area contributed by atoms with Crippen molar-refractivity contribution in [1.82, 2.24) is 20.4 Å². The molecule has 0 aromatic heterocycles. The van der Waals surface area contributed by atoms with Crippen LogP contribution in [0, 0.1) is 0 Å². The minimum atomic E-state index is 0.600. The zero-order valence-electron chi connectivity index (χ0n) is 15.9. The minimum absolute atomic E-state index is 0.600. The van der Waals surface area contributed by atoms with E-state index in [0.717, 1.165) is 17.8 Å². The fourth-order valence-corrected chi connectivity index (χ4v) is 4.47. The second-order valence-electron chi connectivity index (χ2n) is 6.99. The summed E-state index contributed by atoms with van der Waals surface area (Å²) in [5, 5.41) is 7.91. The maximum absolute atomic E-state index is 4.38. The predicted molar refractivity (Wildman–Crippen MR) is 107 cm³/mol. The third-order valence-corrected chi connectivity index (χ3v) is 6.48. The molecule has 0 aromatic carbocycles. The minimum Gasteiger partial charge on any atom is -0.356 e. The van der Waals surface area contributed by atoms with Gasteiger partial charge in [0.05, 0.1) is 0 Å². The Morgan fingerprint density at radius 3 is 2.50 bits per heavy atom. The van der Waals surface area contributed by atoms with E-state index in [2.05, 4.69) is 38.6 Å².